The normalized spacial score (nSPS) is 26.0. The fraction of sp³-hybridized carbons (Fsp3) is 1.00. The fourth-order valence-corrected chi connectivity index (χ4v) is 2.29. The second kappa shape index (κ2) is 5.80. The lowest BCUT2D eigenvalue weighted by Gasteiger charge is -2.09. The van der Waals surface area contributed by atoms with Gasteiger partial charge in [-0.15, -0.1) is 0 Å². The lowest BCUT2D eigenvalue weighted by atomic mass is 10.2. The SMILES string of the molecule is NC(O)CSCCC1CCCN1. The zero-order valence-corrected chi connectivity index (χ0v) is 8.15. The average Bonchev–Trinajstić information content (AvgIpc) is 2.49. The molecule has 0 aliphatic carbocycles. The maximum Gasteiger partial charge on any atom is 0.111 e. The number of nitrogens with two attached hydrogens (primary N) is 1. The van der Waals surface area contributed by atoms with Gasteiger partial charge in [-0.25, -0.2) is 0 Å². The lowest BCUT2D eigenvalue weighted by Crippen LogP contribution is -2.24. The molecule has 2 unspecified atom stereocenters. The first-order chi connectivity index (χ1) is 5.79. The third-order valence-electron chi connectivity index (χ3n) is 2.06. The van der Waals surface area contributed by atoms with E-state index in [9.17, 15) is 0 Å². The molecule has 0 aromatic heterocycles. The molecule has 4 N–H and O–H groups in total. The van der Waals surface area contributed by atoms with Gasteiger partial charge in [0.25, 0.3) is 0 Å². The van der Waals surface area contributed by atoms with Crippen LogP contribution >= 0.6 is 11.8 Å². The van der Waals surface area contributed by atoms with Crippen LogP contribution in [0.1, 0.15) is 19.3 Å². The van der Waals surface area contributed by atoms with Gasteiger partial charge in [0.05, 0.1) is 0 Å². The molecule has 0 saturated carbocycles. The van der Waals surface area contributed by atoms with Crippen LogP contribution in [0.5, 0.6) is 0 Å². The summed E-state index contributed by atoms with van der Waals surface area (Å²) in [6.07, 6.45) is 3.18. The Morgan fingerprint density at radius 1 is 1.67 bits per heavy atom. The zero-order chi connectivity index (χ0) is 8.81. The number of hydrogen-bond acceptors (Lipinski definition) is 4. The quantitative estimate of drug-likeness (QED) is 0.426. The highest BCUT2D eigenvalue weighted by Gasteiger charge is 2.12. The van der Waals surface area contributed by atoms with Gasteiger partial charge in [0.15, 0.2) is 0 Å². The van der Waals surface area contributed by atoms with Crippen molar-refractivity contribution in [3.63, 3.8) is 0 Å². The van der Waals surface area contributed by atoms with E-state index in [1.807, 2.05) is 0 Å². The molecule has 3 nitrogen and oxygen atoms in total. The largest absolute Gasteiger partial charge is 0.378 e. The molecule has 72 valence electrons. The minimum absolute atomic E-state index is 0.647. The van der Waals surface area contributed by atoms with Crippen molar-refractivity contribution in [2.75, 3.05) is 18.1 Å². The van der Waals surface area contributed by atoms with Crippen molar-refractivity contribution >= 4 is 11.8 Å². The van der Waals surface area contributed by atoms with Gasteiger partial charge in [-0.05, 0) is 31.6 Å². The van der Waals surface area contributed by atoms with E-state index >= 15 is 0 Å². The number of nitrogens with one attached hydrogen (secondary N) is 1. The van der Waals surface area contributed by atoms with Crippen LogP contribution in [0.15, 0.2) is 0 Å². The van der Waals surface area contributed by atoms with Gasteiger partial charge in [0.2, 0.25) is 0 Å². The van der Waals surface area contributed by atoms with Gasteiger partial charge in [-0.3, -0.25) is 0 Å². The molecule has 1 fully saturated rings. The van der Waals surface area contributed by atoms with E-state index in [1.165, 1.54) is 25.8 Å². The molecule has 0 spiro atoms. The lowest BCUT2D eigenvalue weighted by molar-refractivity contribution is 0.208. The van der Waals surface area contributed by atoms with Crippen molar-refractivity contribution in [1.82, 2.24) is 5.32 Å². The van der Waals surface area contributed by atoms with Crippen molar-refractivity contribution < 1.29 is 5.11 Å². The Balaban J connectivity index is 1.88. The van der Waals surface area contributed by atoms with E-state index in [0.717, 1.165) is 5.75 Å². The van der Waals surface area contributed by atoms with Crippen LogP contribution in [0.3, 0.4) is 0 Å². The second-order valence-electron chi connectivity index (χ2n) is 3.22. The third kappa shape index (κ3) is 4.30. The van der Waals surface area contributed by atoms with Crippen molar-refractivity contribution in [2.45, 2.75) is 31.5 Å². The van der Waals surface area contributed by atoms with Crippen LogP contribution in [0.2, 0.25) is 0 Å². The first-order valence-electron chi connectivity index (χ1n) is 4.54. The van der Waals surface area contributed by atoms with Crippen LogP contribution < -0.4 is 11.1 Å². The van der Waals surface area contributed by atoms with Gasteiger partial charge in [0.1, 0.15) is 6.23 Å². The van der Waals surface area contributed by atoms with Crippen LogP contribution in [0.4, 0.5) is 0 Å². The molecular formula is C8H18N2OS. The maximum atomic E-state index is 8.79. The molecule has 0 bridgehead atoms. The van der Waals surface area contributed by atoms with Gasteiger partial charge in [-0.1, -0.05) is 0 Å². The molecule has 0 aromatic carbocycles. The minimum atomic E-state index is -0.647. The highest BCUT2D eigenvalue weighted by Crippen LogP contribution is 2.12. The summed E-state index contributed by atoms with van der Waals surface area (Å²) in [5.74, 6) is 1.76. The van der Waals surface area contributed by atoms with Crippen LogP contribution in [0.25, 0.3) is 0 Å². The molecule has 1 rings (SSSR count). The summed E-state index contributed by atoms with van der Waals surface area (Å²) < 4.78 is 0. The van der Waals surface area contributed by atoms with Gasteiger partial charge < -0.3 is 16.2 Å². The van der Waals surface area contributed by atoms with E-state index < -0.39 is 6.23 Å². The summed E-state index contributed by atoms with van der Waals surface area (Å²) in [4.78, 5) is 0. The Bertz CT molecular complexity index is 116. The van der Waals surface area contributed by atoms with Crippen molar-refractivity contribution in [3.05, 3.63) is 0 Å². The van der Waals surface area contributed by atoms with E-state index in [4.69, 9.17) is 10.8 Å². The summed E-state index contributed by atoms with van der Waals surface area (Å²) >= 11 is 1.73. The molecule has 1 saturated heterocycles. The first kappa shape index (κ1) is 10.3. The van der Waals surface area contributed by atoms with Crippen LogP contribution in [0, 0.1) is 0 Å². The Labute approximate surface area is 78.1 Å². The molecule has 0 aromatic rings. The second-order valence-corrected chi connectivity index (χ2v) is 4.37. The van der Waals surface area contributed by atoms with Crippen LogP contribution in [-0.4, -0.2) is 35.4 Å². The van der Waals surface area contributed by atoms with E-state index in [-0.39, 0.29) is 0 Å². The molecule has 4 heteroatoms. The predicted octanol–water partition coefficient (Wildman–Crippen LogP) is 0.139. The average molecular weight is 190 g/mol. The number of rotatable bonds is 5. The van der Waals surface area contributed by atoms with Gasteiger partial charge >= 0.3 is 0 Å². The Kier molecular flexibility index (Phi) is 4.99. The maximum absolute atomic E-state index is 8.79. The van der Waals surface area contributed by atoms with E-state index in [2.05, 4.69) is 5.32 Å². The summed E-state index contributed by atoms with van der Waals surface area (Å²) in [6, 6.07) is 0.715. The number of hydrogen-bond donors (Lipinski definition) is 3. The number of thioether (sulfide) groups is 1. The molecule has 1 heterocycles. The monoisotopic (exact) mass is 190 g/mol. The van der Waals surface area contributed by atoms with Crippen molar-refractivity contribution in [2.24, 2.45) is 5.73 Å². The molecule has 12 heavy (non-hydrogen) atoms. The highest BCUT2D eigenvalue weighted by atomic mass is 32.2. The summed E-state index contributed by atoms with van der Waals surface area (Å²) in [6.45, 7) is 1.18. The standard InChI is InChI=1S/C8H18N2OS/c9-8(11)6-12-5-3-7-2-1-4-10-7/h7-8,10-11H,1-6,9H2. The highest BCUT2D eigenvalue weighted by molar-refractivity contribution is 7.99. The Hall–Kier alpha value is 0.230. The third-order valence-corrected chi connectivity index (χ3v) is 3.16. The number of aliphatic hydroxyl groups excluding tert-OH is 1. The van der Waals surface area contributed by atoms with Crippen molar-refractivity contribution in [1.29, 1.82) is 0 Å². The summed E-state index contributed by atoms with van der Waals surface area (Å²) in [5.41, 5.74) is 5.21. The Morgan fingerprint density at radius 2 is 2.50 bits per heavy atom. The fourth-order valence-electron chi connectivity index (χ4n) is 1.43. The molecule has 0 amide bonds. The summed E-state index contributed by atoms with van der Waals surface area (Å²) in [5, 5.41) is 12.2. The molecule has 0 radical (unpaired) electrons. The van der Waals surface area contributed by atoms with Crippen LogP contribution in [-0.2, 0) is 0 Å². The molecule has 1 aliphatic heterocycles. The molecular weight excluding hydrogens is 172 g/mol. The van der Waals surface area contributed by atoms with Gasteiger partial charge in [0, 0.05) is 11.8 Å². The molecule has 2 atom stereocenters. The smallest absolute Gasteiger partial charge is 0.111 e. The van der Waals surface area contributed by atoms with Gasteiger partial charge in [-0.2, -0.15) is 11.8 Å². The molecule has 1 aliphatic rings. The predicted molar refractivity (Wildman–Crippen MR) is 53.2 cm³/mol. The number of aliphatic hydroxyl groups is 1. The van der Waals surface area contributed by atoms with E-state index in [0.29, 0.717) is 11.8 Å². The topological polar surface area (TPSA) is 58.3 Å². The minimum Gasteiger partial charge on any atom is -0.378 e. The van der Waals surface area contributed by atoms with Crippen molar-refractivity contribution in [3.8, 4) is 0 Å². The van der Waals surface area contributed by atoms with E-state index in [1.54, 1.807) is 11.8 Å². The summed E-state index contributed by atoms with van der Waals surface area (Å²) in [7, 11) is 0. The Morgan fingerprint density at radius 3 is 3.08 bits per heavy atom. The first-order valence-corrected chi connectivity index (χ1v) is 5.69. The zero-order valence-electron chi connectivity index (χ0n) is 7.33.